The summed E-state index contributed by atoms with van der Waals surface area (Å²) >= 11 is 3.13. The maximum absolute atomic E-state index is 11.4. The van der Waals surface area contributed by atoms with Gasteiger partial charge in [-0.1, -0.05) is 0 Å². The summed E-state index contributed by atoms with van der Waals surface area (Å²) in [5, 5.41) is 0. The van der Waals surface area contributed by atoms with Crippen molar-refractivity contribution in [2.45, 2.75) is 0 Å². The summed E-state index contributed by atoms with van der Waals surface area (Å²) in [6, 6.07) is 4.21. The molecule has 0 radical (unpaired) electrons. The lowest BCUT2D eigenvalue weighted by atomic mass is 10.1. The van der Waals surface area contributed by atoms with Gasteiger partial charge in [0.2, 0.25) is 0 Å². The molecule has 0 spiro atoms. The summed E-state index contributed by atoms with van der Waals surface area (Å²) in [6.07, 6.45) is 0. The van der Waals surface area contributed by atoms with Crippen molar-refractivity contribution >= 4 is 27.9 Å². The number of carbonyl (C=O) groups excluding carboxylic acids is 2. The summed E-state index contributed by atoms with van der Waals surface area (Å²) in [5.41, 5.74) is 0.452. The molecule has 7 heteroatoms. The predicted octanol–water partition coefficient (Wildman–Crippen LogP) is 1.89. The lowest BCUT2D eigenvalue weighted by molar-refractivity contribution is -0.216. The second-order valence-electron chi connectivity index (χ2n) is 2.77. The van der Waals surface area contributed by atoms with Gasteiger partial charge in [-0.25, -0.2) is 9.59 Å². The zero-order valence-electron chi connectivity index (χ0n) is 9.06. The lowest BCUT2D eigenvalue weighted by Gasteiger charge is -2.04. The van der Waals surface area contributed by atoms with Crippen LogP contribution in [-0.2, 0) is 19.6 Å². The van der Waals surface area contributed by atoms with Crippen LogP contribution in [0.2, 0.25) is 0 Å². The maximum Gasteiger partial charge on any atom is 0.374 e. The van der Waals surface area contributed by atoms with E-state index in [9.17, 15) is 9.59 Å². The van der Waals surface area contributed by atoms with E-state index >= 15 is 0 Å². The van der Waals surface area contributed by atoms with Crippen LogP contribution in [0.4, 0.5) is 0 Å². The van der Waals surface area contributed by atoms with Crippen LogP contribution in [0.25, 0.3) is 0 Å². The molecule has 0 aliphatic rings. The Morgan fingerprint density at radius 1 is 1.06 bits per heavy atom. The van der Waals surface area contributed by atoms with Crippen molar-refractivity contribution in [3.8, 4) is 0 Å². The van der Waals surface area contributed by atoms with Gasteiger partial charge in [0, 0.05) is 4.47 Å². The monoisotopic (exact) mass is 304 g/mol. The smallest absolute Gasteiger partial charge is 0.293 e. The molecule has 0 unspecified atom stereocenters. The molecule has 0 bridgehead atoms. The average Bonchev–Trinajstić information content (AvgIpc) is 2.29. The van der Waals surface area contributed by atoms with Gasteiger partial charge in [0.15, 0.2) is 0 Å². The fourth-order valence-electron chi connectivity index (χ4n) is 1.05. The molecule has 0 saturated heterocycles. The summed E-state index contributed by atoms with van der Waals surface area (Å²) < 4.78 is 0.380. The Labute approximate surface area is 105 Å². The van der Waals surface area contributed by atoms with E-state index in [-0.39, 0.29) is 11.1 Å². The highest BCUT2D eigenvalue weighted by Gasteiger charge is 2.16. The quantitative estimate of drug-likeness (QED) is 0.625. The molecule has 1 aromatic carbocycles. The molecule has 0 fully saturated rings. The first kappa shape index (κ1) is 13.6. The summed E-state index contributed by atoms with van der Waals surface area (Å²) in [4.78, 5) is 39.8. The van der Waals surface area contributed by atoms with E-state index < -0.39 is 11.9 Å². The van der Waals surface area contributed by atoms with Crippen molar-refractivity contribution in [3.63, 3.8) is 0 Å². The van der Waals surface area contributed by atoms with E-state index in [4.69, 9.17) is 0 Å². The van der Waals surface area contributed by atoms with E-state index in [1.54, 1.807) is 0 Å². The topological polar surface area (TPSA) is 71.1 Å². The van der Waals surface area contributed by atoms with Gasteiger partial charge in [-0.15, -0.1) is 0 Å². The molecule has 0 heterocycles. The van der Waals surface area contributed by atoms with Gasteiger partial charge in [0.1, 0.15) is 0 Å². The molecular weight excluding hydrogens is 296 g/mol. The van der Waals surface area contributed by atoms with Gasteiger partial charge in [0.25, 0.3) is 0 Å². The first-order chi connectivity index (χ1) is 8.10. The first-order valence-electron chi connectivity index (χ1n) is 4.39. The third kappa shape index (κ3) is 3.52. The van der Waals surface area contributed by atoms with Gasteiger partial charge < -0.3 is 0 Å². The Balaban J connectivity index is 2.93. The standard InChI is InChI=1S/C10H9BrO6/c1-14-16-9(12)6-3-4-7(8(11)5-6)10(13)17-15-2/h3-5H,1-2H3. The first-order valence-corrected chi connectivity index (χ1v) is 5.19. The van der Waals surface area contributed by atoms with Crippen LogP contribution in [-0.4, -0.2) is 26.2 Å². The molecule has 0 saturated carbocycles. The Hall–Kier alpha value is -1.44. The molecule has 0 aliphatic carbocycles. The highest BCUT2D eigenvalue weighted by molar-refractivity contribution is 9.10. The van der Waals surface area contributed by atoms with Crippen LogP contribution >= 0.6 is 15.9 Å². The molecule has 17 heavy (non-hydrogen) atoms. The zero-order valence-corrected chi connectivity index (χ0v) is 10.6. The van der Waals surface area contributed by atoms with E-state index in [1.165, 1.54) is 32.4 Å². The molecule has 0 aromatic heterocycles. The minimum atomic E-state index is -0.675. The Morgan fingerprint density at radius 3 is 2.18 bits per heavy atom. The van der Waals surface area contributed by atoms with Crippen molar-refractivity contribution < 1.29 is 29.1 Å². The third-order valence-electron chi connectivity index (χ3n) is 1.74. The predicted molar refractivity (Wildman–Crippen MR) is 59.0 cm³/mol. The number of benzene rings is 1. The molecule has 0 amide bonds. The van der Waals surface area contributed by atoms with Gasteiger partial charge in [-0.3, -0.25) is 9.78 Å². The van der Waals surface area contributed by atoms with E-state index in [1.807, 2.05) is 0 Å². The highest BCUT2D eigenvalue weighted by atomic mass is 79.9. The Kier molecular flexibility index (Phi) is 5.08. The van der Waals surface area contributed by atoms with Crippen LogP contribution in [0.15, 0.2) is 22.7 Å². The molecule has 0 atom stereocenters. The number of rotatable bonds is 4. The normalized spacial score (nSPS) is 9.82. The van der Waals surface area contributed by atoms with Crippen molar-refractivity contribution in [1.82, 2.24) is 0 Å². The van der Waals surface area contributed by atoms with E-state index in [0.717, 1.165) is 0 Å². The van der Waals surface area contributed by atoms with E-state index in [2.05, 4.69) is 35.5 Å². The van der Waals surface area contributed by atoms with Crippen LogP contribution in [0.3, 0.4) is 0 Å². The summed E-state index contributed by atoms with van der Waals surface area (Å²) in [7, 11) is 2.44. The molecule has 0 N–H and O–H groups in total. The van der Waals surface area contributed by atoms with Gasteiger partial charge in [-0.2, -0.15) is 9.78 Å². The molecule has 0 aliphatic heterocycles. The number of carbonyl (C=O) groups is 2. The second kappa shape index (κ2) is 6.33. The highest BCUT2D eigenvalue weighted by Crippen LogP contribution is 2.20. The van der Waals surface area contributed by atoms with Gasteiger partial charge in [0.05, 0.1) is 25.3 Å². The van der Waals surface area contributed by atoms with Crippen LogP contribution in [0, 0.1) is 0 Å². The summed E-state index contributed by atoms with van der Waals surface area (Å²) in [6.45, 7) is 0. The fourth-order valence-corrected chi connectivity index (χ4v) is 1.59. The van der Waals surface area contributed by atoms with Crippen LogP contribution in [0.1, 0.15) is 20.7 Å². The van der Waals surface area contributed by atoms with Gasteiger partial charge >= 0.3 is 11.9 Å². The second-order valence-corrected chi connectivity index (χ2v) is 3.62. The Bertz CT molecular complexity index is 431. The maximum atomic E-state index is 11.4. The van der Waals surface area contributed by atoms with Crippen molar-refractivity contribution in [2.24, 2.45) is 0 Å². The number of halogens is 1. The molecule has 92 valence electrons. The van der Waals surface area contributed by atoms with Crippen LogP contribution < -0.4 is 0 Å². The SMILES string of the molecule is COOC(=O)c1ccc(C(=O)OOC)c(Br)c1. The number of hydrogen-bond donors (Lipinski definition) is 0. The van der Waals surface area contributed by atoms with E-state index in [0.29, 0.717) is 4.47 Å². The largest absolute Gasteiger partial charge is 0.374 e. The zero-order chi connectivity index (χ0) is 12.8. The molecule has 6 nitrogen and oxygen atoms in total. The average molecular weight is 305 g/mol. The Morgan fingerprint density at radius 2 is 1.65 bits per heavy atom. The van der Waals surface area contributed by atoms with Crippen LogP contribution in [0.5, 0.6) is 0 Å². The lowest BCUT2D eigenvalue weighted by Crippen LogP contribution is -2.08. The van der Waals surface area contributed by atoms with Crippen molar-refractivity contribution in [3.05, 3.63) is 33.8 Å². The van der Waals surface area contributed by atoms with Crippen molar-refractivity contribution in [2.75, 3.05) is 14.2 Å². The van der Waals surface area contributed by atoms with Gasteiger partial charge in [-0.05, 0) is 34.1 Å². The van der Waals surface area contributed by atoms with Crippen molar-refractivity contribution in [1.29, 1.82) is 0 Å². The third-order valence-corrected chi connectivity index (χ3v) is 2.40. The molecule has 1 rings (SSSR count). The fraction of sp³-hybridized carbons (Fsp3) is 0.200. The molecular formula is C10H9BrO6. The number of hydrogen-bond acceptors (Lipinski definition) is 6. The summed E-state index contributed by atoms with van der Waals surface area (Å²) in [5.74, 6) is -1.34. The molecule has 1 aromatic rings. The minimum absolute atomic E-state index is 0.223. The minimum Gasteiger partial charge on any atom is -0.293 e.